The van der Waals surface area contributed by atoms with Gasteiger partial charge in [0.2, 0.25) is 0 Å². The minimum absolute atomic E-state index is 0.964. The molecule has 0 aliphatic rings. The van der Waals surface area contributed by atoms with Crippen LogP contribution in [0.5, 0.6) is 0 Å². The van der Waals surface area contributed by atoms with E-state index >= 15 is 0 Å². The lowest BCUT2D eigenvalue weighted by molar-refractivity contribution is 0.716. The first-order valence-electron chi connectivity index (χ1n) is 6.63. The molecule has 0 unspecified atom stereocenters. The standard InChI is InChI=1S/C17H24/c1-4-7-8-11-17-13-15(9-5-2)12-16(14-17)10-6-3/h5-6,12-14H,2-4,7-11H2,1H3. The van der Waals surface area contributed by atoms with Gasteiger partial charge in [0.1, 0.15) is 0 Å². The maximum atomic E-state index is 3.82. The summed E-state index contributed by atoms with van der Waals surface area (Å²) in [5.41, 5.74) is 4.23. The summed E-state index contributed by atoms with van der Waals surface area (Å²) in [6.45, 7) is 9.88. The SMILES string of the molecule is C=CCc1cc(CC=C)cc(CCCCC)c1. The van der Waals surface area contributed by atoms with Gasteiger partial charge >= 0.3 is 0 Å². The molecular weight excluding hydrogens is 204 g/mol. The maximum absolute atomic E-state index is 3.82. The third kappa shape index (κ3) is 5.04. The molecule has 1 aromatic carbocycles. The molecule has 0 N–H and O–H groups in total. The van der Waals surface area contributed by atoms with Gasteiger partial charge in [0, 0.05) is 0 Å². The molecule has 0 saturated carbocycles. The van der Waals surface area contributed by atoms with Crippen molar-refractivity contribution in [2.24, 2.45) is 0 Å². The molecule has 92 valence electrons. The third-order valence-electron chi connectivity index (χ3n) is 2.94. The smallest absolute Gasteiger partial charge is 0.00999 e. The highest BCUT2D eigenvalue weighted by Crippen LogP contribution is 2.15. The van der Waals surface area contributed by atoms with Crippen LogP contribution in [0, 0.1) is 0 Å². The molecule has 17 heavy (non-hydrogen) atoms. The number of hydrogen-bond acceptors (Lipinski definition) is 0. The molecule has 0 nitrogen and oxygen atoms in total. The number of unbranched alkanes of at least 4 members (excludes halogenated alkanes) is 2. The van der Waals surface area contributed by atoms with Crippen LogP contribution in [0.4, 0.5) is 0 Å². The van der Waals surface area contributed by atoms with Crippen molar-refractivity contribution in [1.82, 2.24) is 0 Å². The fourth-order valence-electron chi connectivity index (χ4n) is 2.13. The minimum atomic E-state index is 0.964. The van der Waals surface area contributed by atoms with Gasteiger partial charge in [0.15, 0.2) is 0 Å². The fourth-order valence-corrected chi connectivity index (χ4v) is 2.13. The molecule has 0 atom stereocenters. The second-order valence-electron chi connectivity index (χ2n) is 4.60. The van der Waals surface area contributed by atoms with Gasteiger partial charge in [-0.2, -0.15) is 0 Å². The van der Waals surface area contributed by atoms with Crippen LogP contribution in [-0.2, 0) is 19.3 Å². The van der Waals surface area contributed by atoms with Gasteiger partial charge in [0.25, 0.3) is 0 Å². The minimum Gasteiger partial charge on any atom is -0.103 e. The Morgan fingerprint density at radius 2 is 1.41 bits per heavy atom. The van der Waals surface area contributed by atoms with E-state index < -0.39 is 0 Å². The summed E-state index contributed by atoms with van der Waals surface area (Å²) in [4.78, 5) is 0. The lowest BCUT2D eigenvalue weighted by Gasteiger charge is -2.07. The van der Waals surface area contributed by atoms with E-state index in [1.807, 2.05) is 12.2 Å². The zero-order valence-corrected chi connectivity index (χ0v) is 11.0. The number of allylic oxidation sites excluding steroid dienone is 2. The molecule has 1 aromatic rings. The largest absolute Gasteiger partial charge is 0.103 e. The quantitative estimate of drug-likeness (QED) is 0.439. The van der Waals surface area contributed by atoms with E-state index in [0.29, 0.717) is 0 Å². The first-order valence-corrected chi connectivity index (χ1v) is 6.63. The van der Waals surface area contributed by atoms with Crippen LogP contribution in [0.2, 0.25) is 0 Å². The Morgan fingerprint density at radius 3 is 1.88 bits per heavy atom. The van der Waals surface area contributed by atoms with Gasteiger partial charge in [-0.1, -0.05) is 50.1 Å². The van der Waals surface area contributed by atoms with Crippen molar-refractivity contribution < 1.29 is 0 Å². The topological polar surface area (TPSA) is 0 Å². The summed E-state index contributed by atoms with van der Waals surface area (Å²) >= 11 is 0. The summed E-state index contributed by atoms with van der Waals surface area (Å²) in [6.07, 6.45) is 11.0. The Morgan fingerprint density at radius 1 is 0.882 bits per heavy atom. The Bertz CT molecular complexity index is 332. The molecule has 0 aromatic heterocycles. The number of hydrogen-bond donors (Lipinski definition) is 0. The highest BCUT2D eigenvalue weighted by molar-refractivity contribution is 5.32. The first-order chi connectivity index (χ1) is 8.30. The molecule has 1 rings (SSSR count). The monoisotopic (exact) mass is 228 g/mol. The molecule has 0 aliphatic heterocycles. The average molecular weight is 228 g/mol. The van der Waals surface area contributed by atoms with Crippen molar-refractivity contribution >= 4 is 0 Å². The van der Waals surface area contributed by atoms with Crippen LogP contribution in [0.25, 0.3) is 0 Å². The van der Waals surface area contributed by atoms with Crippen LogP contribution >= 0.6 is 0 Å². The fraction of sp³-hybridized carbons (Fsp3) is 0.412. The molecule has 0 bridgehead atoms. The number of benzene rings is 1. The first kappa shape index (κ1) is 13.8. The number of aryl methyl sites for hydroxylation is 1. The van der Waals surface area contributed by atoms with Crippen LogP contribution < -0.4 is 0 Å². The van der Waals surface area contributed by atoms with Crippen molar-refractivity contribution in [3.8, 4) is 0 Å². The van der Waals surface area contributed by atoms with E-state index in [1.165, 1.54) is 42.4 Å². The van der Waals surface area contributed by atoms with Gasteiger partial charge in [0.05, 0.1) is 0 Å². The Labute approximate surface area is 106 Å². The summed E-state index contributed by atoms with van der Waals surface area (Å²) < 4.78 is 0. The van der Waals surface area contributed by atoms with Crippen LogP contribution in [-0.4, -0.2) is 0 Å². The molecule has 0 radical (unpaired) electrons. The van der Waals surface area contributed by atoms with Crippen molar-refractivity contribution in [3.63, 3.8) is 0 Å². The van der Waals surface area contributed by atoms with E-state index in [1.54, 1.807) is 0 Å². The molecule has 0 amide bonds. The van der Waals surface area contributed by atoms with Crippen LogP contribution in [0.15, 0.2) is 43.5 Å². The summed E-state index contributed by atoms with van der Waals surface area (Å²) in [7, 11) is 0. The van der Waals surface area contributed by atoms with Gasteiger partial charge in [-0.25, -0.2) is 0 Å². The zero-order valence-electron chi connectivity index (χ0n) is 11.0. The Balaban J connectivity index is 2.78. The highest BCUT2D eigenvalue weighted by Gasteiger charge is 2.00. The van der Waals surface area contributed by atoms with E-state index in [0.717, 1.165) is 12.8 Å². The maximum Gasteiger partial charge on any atom is -0.00999 e. The Kier molecular flexibility index (Phi) is 6.39. The van der Waals surface area contributed by atoms with E-state index in [9.17, 15) is 0 Å². The van der Waals surface area contributed by atoms with E-state index in [4.69, 9.17) is 0 Å². The summed E-state index contributed by atoms with van der Waals surface area (Å²) in [5.74, 6) is 0. The summed E-state index contributed by atoms with van der Waals surface area (Å²) in [6, 6.07) is 6.92. The third-order valence-corrected chi connectivity index (χ3v) is 2.94. The second-order valence-corrected chi connectivity index (χ2v) is 4.60. The highest BCUT2D eigenvalue weighted by atomic mass is 14.1. The predicted octanol–water partition coefficient (Wildman–Crippen LogP) is 4.88. The molecule has 0 fully saturated rings. The summed E-state index contributed by atoms with van der Waals surface area (Å²) in [5, 5.41) is 0. The molecule has 0 heteroatoms. The Hall–Kier alpha value is -1.30. The van der Waals surface area contributed by atoms with E-state index in [2.05, 4.69) is 38.3 Å². The van der Waals surface area contributed by atoms with Crippen molar-refractivity contribution in [2.75, 3.05) is 0 Å². The lowest BCUT2D eigenvalue weighted by atomic mass is 9.98. The van der Waals surface area contributed by atoms with Crippen molar-refractivity contribution in [3.05, 3.63) is 60.2 Å². The van der Waals surface area contributed by atoms with Gasteiger partial charge in [-0.05, 0) is 42.4 Å². The molecule has 0 aliphatic carbocycles. The van der Waals surface area contributed by atoms with Crippen LogP contribution in [0.1, 0.15) is 42.9 Å². The molecule has 0 heterocycles. The van der Waals surface area contributed by atoms with Crippen LogP contribution in [0.3, 0.4) is 0 Å². The lowest BCUT2D eigenvalue weighted by Crippen LogP contribution is -1.93. The van der Waals surface area contributed by atoms with Crippen molar-refractivity contribution in [2.45, 2.75) is 45.4 Å². The zero-order chi connectivity index (χ0) is 12.5. The van der Waals surface area contributed by atoms with Gasteiger partial charge in [-0.15, -0.1) is 13.2 Å². The van der Waals surface area contributed by atoms with Gasteiger partial charge in [-0.3, -0.25) is 0 Å². The van der Waals surface area contributed by atoms with E-state index in [-0.39, 0.29) is 0 Å². The predicted molar refractivity (Wildman–Crippen MR) is 77.5 cm³/mol. The van der Waals surface area contributed by atoms with Gasteiger partial charge < -0.3 is 0 Å². The normalized spacial score (nSPS) is 10.2. The van der Waals surface area contributed by atoms with Crippen molar-refractivity contribution in [1.29, 1.82) is 0 Å². The molecule has 0 saturated heterocycles. The molecule has 0 spiro atoms. The second kappa shape index (κ2) is 7.89. The number of rotatable bonds is 8. The average Bonchev–Trinajstić information content (AvgIpc) is 2.30. The molecular formula is C17H24.